The zero-order valence-electron chi connectivity index (χ0n) is 9.94. The predicted octanol–water partition coefficient (Wildman–Crippen LogP) is 0.884. The molecule has 0 aliphatic carbocycles. The van der Waals surface area contributed by atoms with Gasteiger partial charge in [-0.2, -0.15) is 0 Å². The van der Waals surface area contributed by atoms with Gasteiger partial charge in [0.2, 0.25) is 5.91 Å². The lowest BCUT2D eigenvalue weighted by Gasteiger charge is -2.06. The summed E-state index contributed by atoms with van der Waals surface area (Å²) in [5.74, 6) is -0.694. The summed E-state index contributed by atoms with van der Waals surface area (Å²) in [6, 6.07) is 5.49. The molecule has 1 N–H and O–H groups in total. The lowest BCUT2D eigenvalue weighted by Crippen LogP contribution is -2.30. The van der Waals surface area contributed by atoms with Gasteiger partial charge in [0.1, 0.15) is 18.1 Å². The number of ether oxygens (including phenoxy) is 2. The van der Waals surface area contributed by atoms with Gasteiger partial charge in [-0.05, 0) is 24.3 Å². The number of benzene rings is 1. The van der Waals surface area contributed by atoms with Crippen LogP contribution < -0.4 is 10.1 Å². The Morgan fingerprint density at radius 2 is 1.94 bits per heavy atom. The topological polar surface area (TPSA) is 64.6 Å². The van der Waals surface area contributed by atoms with E-state index >= 15 is 0 Å². The summed E-state index contributed by atoms with van der Waals surface area (Å²) in [5, 5.41) is 2.38. The van der Waals surface area contributed by atoms with Crippen LogP contribution in [0.5, 0.6) is 5.75 Å². The van der Waals surface area contributed by atoms with Gasteiger partial charge in [-0.25, -0.2) is 4.39 Å². The minimum Gasteiger partial charge on any atom is -0.493 e. The van der Waals surface area contributed by atoms with Gasteiger partial charge in [-0.15, -0.1) is 0 Å². The summed E-state index contributed by atoms with van der Waals surface area (Å²) < 4.78 is 22.2. The second-order valence-electron chi connectivity index (χ2n) is 3.41. The molecule has 0 fully saturated rings. The van der Waals surface area contributed by atoms with Gasteiger partial charge in [-0.3, -0.25) is 9.59 Å². The molecule has 0 saturated carbocycles. The highest BCUT2D eigenvalue weighted by molar-refractivity contribution is 5.81. The Balaban J connectivity index is 2.19. The molecule has 5 nitrogen and oxygen atoms in total. The molecule has 98 valence electrons. The largest absolute Gasteiger partial charge is 0.493 e. The second kappa shape index (κ2) is 7.26. The molecule has 0 unspecified atom stereocenters. The van der Waals surface area contributed by atoms with Crippen LogP contribution in [0.1, 0.15) is 6.42 Å². The van der Waals surface area contributed by atoms with Crippen LogP contribution in [0, 0.1) is 5.82 Å². The molecule has 0 atom stereocenters. The lowest BCUT2D eigenvalue weighted by molar-refractivity contribution is -0.141. The third-order valence-electron chi connectivity index (χ3n) is 2.07. The number of esters is 1. The van der Waals surface area contributed by atoms with Gasteiger partial charge in [0.15, 0.2) is 0 Å². The fraction of sp³-hybridized carbons (Fsp3) is 0.333. The molecular weight excluding hydrogens is 241 g/mol. The van der Waals surface area contributed by atoms with E-state index in [2.05, 4.69) is 10.1 Å². The van der Waals surface area contributed by atoms with Crippen molar-refractivity contribution in [2.45, 2.75) is 6.42 Å². The van der Waals surface area contributed by atoms with E-state index in [1.54, 1.807) is 0 Å². The van der Waals surface area contributed by atoms with E-state index in [-0.39, 0.29) is 31.3 Å². The Morgan fingerprint density at radius 1 is 1.28 bits per heavy atom. The Labute approximate surface area is 104 Å². The van der Waals surface area contributed by atoms with Crippen molar-refractivity contribution in [3.8, 4) is 5.75 Å². The number of halogens is 1. The van der Waals surface area contributed by atoms with Gasteiger partial charge < -0.3 is 14.8 Å². The number of rotatable bonds is 6. The zero-order chi connectivity index (χ0) is 13.4. The monoisotopic (exact) mass is 255 g/mol. The predicted molar refractivity (Wildman–Crippen MR) is 61.5 cm³/mol. The third kappa shape index (κ3) is 5.29. The van der Waals surface area contributed by atoms with Crippen LogP contribution in [0.25, 0.3) is 0 Å². The molecule has 0 radical (unpaired) electrons. The molecule has 1 aromatic rings. The van der Waals surface area contributed by atoms with E-state index in [1.165, 1.54) is 31.4 Å². The average molecular weight is 255 g/mol. The van der Waals surface area contributed by atoms with E-state index in [9.17, 15) is 14.0 Å². The van der Waals surface area contributed by atoms with Crippen LogP contribution in [0.3, 0.4) is 0 Å². The smallest absolute Gasteiger partial charge is 0.325 e. The van der Waals surface area contributed by atoms with E-state index < -0.39 is 5.97 Å². The average Bonchev–Trinajstić information content (AvgIpc) is 2.38. The number of hydrogen-bond donors (Lipinski definition) is 1. The van der Waals surface area contributed by atoms with E-state index in [1.807, 2.05) is 0 Å². The van der Waals surface area contributed by atoms with Crippen molar-refractivity contribution in [3.05, 3.63) is 30.1 Å². The molecule has 1 amide bonds. The van der Waals surface area contributed by atoms with Crippen molar-refractivity contribution in [2.75, 3.05) is 20.3 Å². The van der Waals surface area contributed by atoms with Crippen LogP contribution >= 0.6 is 0 Å². The third-order valence-corrected chi connectivity index (χ3v) is 2.07. The van der Waals surface area contributed by atoms with E-state index in [0.717, 1.165) is 0 Å². The summed E-state index contributed by atoms with van der Waals surface area (Å²) in [6.45, 7) is -0.00940. The number of amides is 1. The van der Waals surface area contributed by atoms with Crippen LogP contribution in [0.2, 0.25) is 0 Å². The van der Waals surface area contributed by atoms with Crippen LogP contribution in [0.15, 0.2) is 24.3 Å². The molecular formula is C12H14FNO4. The maximum Gasteiger partial charge on any atom is 0.325 e. The quantitative estimate of drug-likeness (QED) is 0.766. The first-order chi connectivity index (χ1) is 8.61. The summed E-state index contributed by atoms with van der Waals surface area (Å²) in [6.07, 6.45) is 0.106. The lowest BCUT2D eigenvalue weighted by atomic mass is 10.3. The summed E-state index contributed by atoms with van der Waals surface area (Å²) in [4.78, 5) is 22.0. The van der Waals surface area contributed by atoms with Crippen LogP contribution in [-0.4, -0.2) is 32.1 Å². The molecule has 0 aliphatic rings. The Hall–Kier alpha value is -2.11. The number of hydrogen-bond acceptors (Lipinski definition) is 4. The highest BCUT2D eigenvalue weighted by Crippen LogP contribution is 2.10. The molecule has 0 aliphatic heterocycles. The standard InChI is InChI=1S/C12H14FNO4/c1-17-12(16)8-14-11(15)6-7-18-10-4-2-9(13)3-5-10/h2-5H,6-8H2,1H3,(H,14,15). The van der Waals surface area contributed by atoms with Crippen molar-refractivity contribution >= 4 is 11.9 Å². The number of methoxy groups -OCH3 is 1. The molecule has 0 heterocycles. The number of carbonyl (C=O) groups is 2. The molecule has 6 heteroatoms. The number of nitrogens with one attached hydrogen (secondary N) is 1. The van der Waals surface area contributed by atoms with E-state index in [0.29, 0.717) is 5.75 Å². The molecule has 0 spiro atoms. The second-order valence-corrected chi connectivity index (χ2v) is 3.41. The minimum absolute atomic E-state index is 0.106. The first kappa shape index (κ1) is 14.0. The first-order valence-corrected chi connectivity index (χ1v) is 5.33. The van der Waals surface area contributed by atoms with Crippen molar-refractivity contribution in [1.29, 1.82) is 0 Å². The first-order valence-electron chi connectivity index (χ1n) is 5.33. The summed E-state index contributed by atoms with van der Waals surface area (Å²) >= 11 is 0. The van der Waals surface area contributed by atoms with Gasteiger partial charge in [0.25, 0.3) is 0 Å². The normalized spacial score (nSPS) is 9.67. The highest BCUT2D eigenvalue weighted by Gasteiger charge is 2.05. The maximum atomic E-state index is 12.6. The minimum atomic E-state index is -0.511. The summed E-state index contributed by atoms with van der Waals surface area (Å²) in [7, 11) is 1.24. The molecule has 1 aromatic carbocycles. The van der Waals surface area contributed by atoms with Crippen LogP contribution in [-0.2, 0) is 14.3 Å². The van der Waals surface area contributed by atoms with Gasteiger partial charge >= 0.3 is 5.97 Å². The molecule has 1 rings (SSSR count). The van der Waals surface area contributed by atoms with Gasteiger partial charge in [-0.1, -0.05) is 0 Å². The fourth-order valence-electron chi connectivity index (χ4n) is 1.12. The van der Waals surface area contributed by atoms with Gasteiger partial charge in [0, 0.05) is 0 Å². The molecule has 0 saturated heterocycles. The molecule has 0 bridgehead atoms. The van der Waals surface area contributed by atoms with Crippen molar-refractivity contribution in [1.82, 2.24) is 5.32 Å². The maximum absolute atomic E-state index is 12.6. The Kier molecular flexibility index (Phi) is 5.63. The van der Waals surface area contributed by atoms with Gasteiger partial charge in [0.05, 0.1) is 20.1 Å². The molecule has 0 aromatic heterocycles. The van der Waals surface area contributed by atoms with Crippen LogP contribution in [0.4, 0.5) is 4.39 Å². The zero-order valence-corrected chi connectivity index (χ0v) is 9.94. The number of carbonyl (C=O) groups excluding carboxylic acids is 2. The molecule has 18 heavy (non-hydrogen) atoms. The Bertz CT molecular complexity index is 405. The van der Waals surface area contributed by atoms with Crippen molar-refractivity contribution in [2.24, 2.45) is 0 Å². The van der Waals surface area contributed by atoms with Crippen molar-refractivity contribution in [3.63, 3.8) is 0 Å². The highest BCUT2D eigenvalue weighted by atomic mass is 19.1. The van der Waals surface area contributed by atoms with E-state index in [4.69, 9.17) is 4.74 Å². The SMILES string of the molecule is COC(=O)CNC(=O)CCOc1ccc(F)cc1. The summed E-state index contributed by atoms with van der Waals surface area (Å²) in [5.41, 5.74) is 0. The Morgan fingerprint density at radius 3 is 2.56 bits per heavy atom. The fourth-order valence-corrected chi connectivity index (χ4v) is 1.12. The van der Waals surface area contributed by atoms with Crippen molar-refractivity contribution < 1.29 is 23.5 Å².